The van der Waals surface area contributed by atoms with Gasteiger partial charge in [0.15, 0.2) is 0 Å². The predicted octanol–water partition coefficient (Wildman–Crippen LogP) is 1.86. The first-order valence-corrected chi connectivity index (χ1v) is 6.13. The van der Waals surface area contributed by atoms with Gasteiger partial charge in [-0.2, -0.15) is 0 Å². The molecule has 0 aliphatic carbocycles. The Labute approximate surface area is 107 Å². The first-order chi connectivity index (χ1) is 8.06. The molecule has 1 saturated heterocycles. The largest absolute Gasteiger partial charge is 0.397 e. The maximum absolute atomic E-state index is 13.1. The van der Waals surface area contributed by atoms with Crippen molar-refractivity contribution in [3.8, 4) is 0 Å². The Kier molecular flexibility index (Phi) is 3.51. The van der Waals surface area contributed by atoms with E-state index in [4.69, 9.17) is 5.73 Å². The normalized spacial score (nSPS) is 19.2. The summed E-state index contributed by atoms with van der Waals surface area (Å²) in [5.74, 6) is -0.313. The number of hydrogen-bond donors (Lipinski definition) is 3. The fourth-order valence-electron chi connectivity index (χ4n) is 1.78. The molecule has 0 bridgehead atoms. The third kappa shape index (κ3) is 2.88. The van der Waals surface area contributed by atoms with Gasteiger partial charge in [-0.15, -0.1) is 0 Å². The fourth-order valence-corrected chi connectivity index (χ4v) is 2.12. The zero-order chi connectivity index (χ0) is 12.4. The second-order valence-electron chi connectivity index (χ2n) is 4.04. The summed E-state index contributed by atoms with van der Waals surface area (Å²) in [6, 6.07) is 2.98. The van der Waals surface area contributed by atoms with Gasteiger partial charge in [-0.25, -0.2) is 4.39 Å². The summed E-state index contributed by atoms with van der Waals surface area (Å²) in [7, 11) is 0. The van der Waals surface area contributed by atoms with E-state index in [0.29, 0.717) is 28.8 Å². The number of benzene rings is 1. The third-order valence-electron chi connectivity index (χ3n) is 2.72. The molecule has 1 heterocycles. The highest BCUT2D eigenvalue weighted by atomic mass is 79.9. The van der Waals surface area contributed by atoms with E-state index in [9.17, 15) is 9.18 Å². The second kappa shape index (κ2) is 4.91. The van der Waals surface area contributed by atoms with Gasteiger partial charge in [-0.3, -0.25) is 4.79 Å². The number of nitrogens with one attached hydrogen (secondary N) is 2. The molecule has 6 heteroatoms. The van der Waals surface area contributed by atoms with E-state index in [2.05, 4.69) is 26.6 Å². The lowest BCUT2D eigenvalue weighted by atomic mass is 10.2. The van der Waals surface area contributed by atoms with Crippen LogP contribution in [0.4, 0.5) is 15.8 Å². The Morgan fingerprint density at radius 3 is 3.00 bits per heavy atom. The average Bonchev–Trinajstić information content (AvgIpc) is 2.68. The molecule has 1 amide bonds. The number of carbonyl (C=O) groups excluding carboxylic acids is 1. The number of carbonyl (C=O) groups is 1. The van der Waals surface area contributed by atoms with Gasteiger partial charge in [0, 0.05) is 25.1 Å². The summed E-state index contributed by atoms with van der Waals surface area (Å²) in [5, 5.41) is 5.95. The molecule has 0 saturated carbocycles. The van der Waals surface area contributed by atoms with Gasteiger partial charge < -0.3 is 16.4 Å². The molecular weight excluding hydrogens is 289 g/mol. The number of rotatable bonds is 3. The number of halogens is 2. The van der Waals surface area contributed by atoms with Gasteiger partial charge in [0.05, 0.1) is 15.8 Å². The lowest BCUT2D eigenvalue weighted by Gasteiger charge is -2.14. The van der Waals surface area contributed by atoms with Crippen LogP contribution in [0, 0.1) is 5.82 Å². The molecule has 1 aromatic carbocycles. The van der Waals surface area contributed by atoms with Crippen LogP contribution in [0.1, 0.15) is 12.8 Å². The summed E-state index contributed by atoms with van der Waals surface area (Å²) in [5.41, 5.74) is 6.71. The third-order valence-corrected chi connectivity index (χ3v) is 3.32. The zero-order valence-corrected chi connectivity index (χ0v) is 10.7. The second-order valence-corrected chi connectivity index (χ2v) is 4.89. The molecule has 0 aromatic heterocycles. The predicted molar refractivity (Wildman–Crippen MR) is 68.2 cm³/mol. The van der Waals surface area contributed by atoms with E-state index in [1.165, 1.54) is 6.07 Å². The molecule has 4 N–H and O–H groups in total. The van der Waals surface area contributed by atoms with Gasteiger partial charge in [-0.05, 0) is 28.4 Å². The van der Waals surface area contributed by atoms with Gasteiger partial charge in [-0.1, -0.05) is 0 Å². The van der Waals surface area contributed by atoms with Crippen LogP contribution < -0.4 is 16.4 Å². The smallest absolute Gasteiger partial charge is 0.220 e. The standard InChI is InChI=1S/C11H13BrFN3O/c12-7-3-10(9(14)4-8(7)13)15-5-6-1-2-11(17)16-6/h3-4,6,15H,1-2,5,14H2,(H,16,17). The molecule has 1 aromatic rings. The van der Waals surface area contributed by atoms with Crippen LogP contribution in [0.25, 0.3) is 0 Å². The lowest BCUT2D eigenvalue weighted by Crippen LogP contribution is -2.31. The Morgan fingerprint density at radius 2 is 2.35 bits per heavy atom. The summed E-state index contributed by atoms with van der Waals surface area (Å²) in [6.45, 7) is 0.591. The lowest BCUT2D eigenvalue weighted by molar-refractivity contribution is -0.119. The van der Waals surface area contributed by atoms with Crippen LogP contribution in [-0.2, 0) is 4.79 Å². The topological polar surface area (TPSA) is 67.1 Å². The fraction of sp³-hybridized carbons (Fsp3) is 0.364. The van der Waals surface area contributed by atoms with Crippen LogP contribution >= 0.6 is 15.9 Å². The number of nitrogen functional groups attached to an aromatic ring is 1. The molecule has 1 aliphatic heterocycles. The number of amides is 1. The van der Waals surface area contributed by atoms with Crippen molar-refractivity contribution in [1.29, 1.82) is 0 Å². The van der Waals surface area contributed by atoms with Crippen molar-refractivity contribution in [2.45, 2.75) is 18.9 Å². The molecule has 0 spiro atoms. The summed E-state index contributed by atoms with van der Waals surface area (Å²) < 4.78 is 13.5. The van der Waals surface area contributed by atoms with Crippen LogP contribution in [0.3, 0.4) is 0 Å². The minimum atomic E-state index is -0.387. The first-order valence-electron chi connectivity index (χ1n) is 5.34. The van der Waals surface area contributed by atoms with E-state index in [0.717, 1.165) is 6.42 Å². The Hall–Kier alpha value is -1.30. The summed E-state index contributed by atoms with van der Waals surface area (Å²) in [4.78, 5) is 11.0. The molecule has 4 nitrogen and oxygen atoms in total. The Bertz CT molecular complexity index is 453. The molecule has 92 valence electrons. The molecule has 17 heavy (non-hydrogen) atoms. The average molecular weight is 302 g/mol. The van der Waals surface area contributed by atoms with Crippen molar-refractivity contribution >= 4 is 33.2 Å². The Morgan fingerprint density at radius 1 is 1.59 bits per heavy atom. The quantitative estimate of drug-likeness (QED) is 0.747. The maximum atomic E-state index is 13.1. The molecule has 2 rings (SSSR count). The van der Waals surface area contributed by atoms with Crippen molar-refractivity contribution in [3.63, 3.8) is 0 Å². The van der Waals surface area contributed by atoms with Crippen LogP contribution in [0.5, 0.6) is 0 Å². The number of hydrogen-bond acceptors (Lipinski definition) is 3. The van der Waals surface area contributed by atoms with E-state index >= 15 is 0 Å². The van der Waals surface area contributed by atoms with Gasteiger partial charge in [0.1, 0.15) is 5.82 Å². The van der Waals surface area contributed by atoms with Crippen LogP contribution in [0.15, 0.2) is 16.6 Å². The SMILES string of the molecule is Nc1cc(F)c(Br)cc1NCC1CCC(=O)N1. The summed E-state index contributed by atoms with van der Waals surface area (Å²) >= 11 is 3.10. The van der Waals surface area contributed by atoms with Crippen molar-refractivity contribution < 1.29 is 9.18 Å². The van der Waals surface area contributed by atoms with Crippen molar-refractivity contribution in [2.75, 3.05) is 17.6 Å². The van der Waals surface area contributed by atoms with Crippen molar-refractivity contribution in [3.05, 3.63) is 22.4 Å². The van der Waals surface area contributed by atoms with Crippen molar-refractivity contribution in [1.82, 2.24) is 5.32 Å². The van der Waals surface area contributed by atoms with Gasteiger partial charge in [0.25, 0.3) is 0 Å². The monoisotopic (exact) mass is 301 g/mol. The van der Waals surface area contributed by atoms with Crippen LogP contribution in [-0.4, -0.2) is 18.5 Å². The molecule has 1 aliphatic rings. The maximum Gasteiger partial charge on any atom is 0.220 e. The molecular formula is C11H13BrFN3O. The molecule has 1 fully saturated rings. The van der Waals surface area contributed by atoms with E-state index in [-0.39, 0.29) is 17.8 Å². The molecule has 0 radical (unpaired) electrons. The highest BCUT2D eigenvalue weighted by molar-refractivity contribution is 9.10. The number of anilines is 2. The molecule has 1 atom stereocenters. The van der Waals surface area contributed by atoms with Crippen molar-refractivity contribution in [2.24, 2.45) is 0 Å². The van der Waals surface area contributed by atoms with Gasteiger partial charge in [0.2, 0.25) is 5.91 Å². The minimum Gasteiger partial charge on any atom is -0.397 e. The first kappa shape index (κ1) is 12.2. The summed E-state index contributed by atoms with van der Waals surface area (Å²) in [6.07, 6.45) is 1.38. The zero-order valence-electron chi connectivity index (χ0n) is 9.09. The van der Waals surface area contributed by atoms with E-state index in [1.807, 2.05) is 0 Å². The van der Waals surface area contributed by atoms with Crippen LogP contribution in [0.2, 0.25) is 0 Å². The van der Waals surface area contributed by atoms with E-state index < -0.39 is 0 Å². The minimum absolute atomic E-state index is 0.0741. The Balaban J connectivity index is 1.99. The molecule has 1 unspecified atom stereocenters. The van der Waals surface area contributed by atoms with Gasteiger partial charge >= 0.3 is 0 Å². The van der Waals surface area contributed by atoms with E-state index in [1.54, 1.807) is 6.07 Å². The highest BCUT2D eigenvalue weighted by Gasteiger charge is 2.20. The number of nitrogens with two attached hydrogens (primary N) is 1. The highest BCUT2D eigenvalue weighted by Crippen LogP contribution is 2.26.